The molecule has 2 unspecified atom stereocenters. The number of hydrogen-bond acceptors (Lipinski definition) is 2. The summed E-state index contributed by atoms with van der Waals surface area (Å²) in [5.74, 6) is 0. The van der Waals surface area contributed by atoms with Crippen molar-refractivity contribution >= 4 is 54.9 Å². The molecular weight excluding hydrogens is 330 g/mol. The van der Waals surface area contributed by atoms with E-state index in [1.54, 1.807) is 16.9 Å². The summed E-state index contributed by atoms with van der Waals surface area (Å²) in [6.45, 7) is 0. The van der Waals surface area contributed by atoms with Gasteiger partial charge in [0.1, 0.15) is 0 Å². The van der Waals surface area contributed by atoms with Gasteiger partial charge in [-0.2, -0.15) is 0 Å². The first-order valence-corrected chi connectivity index (χ1v) is 7.22. The summed E-state index contributed by atoms with van der Waals surface area (Å²) < 4.78 is 4.88. The Bertz CT molecular complexity index is 537. The average Bonchev–Trinajstić information content (AvgIpc) is 2.17. The zero-order chi connectivity index (χ0) is 10.8. The van der Waals surface area contributed by atoms with Crippen LogP contribution in [0.1, 0.15) is 0 Å². The molecule has 2 rings (SSSR count). The van der Waals surface area contributed by atoms with Crippen LogP contribution in [0.2, 0.25) is 0 Å². The number of aromatic nitrogens is 2. The Hall–Kier alpha value is -0.363. The van der Waals surface area contributed by atoms with Gasteiger partial charge in [0.25, 0.3) is 0 Å². The van der Waals surface area contributed by atoms with Crippen molar-refractivity contribution in [3.05, 3.63) is 41.2 Å². The van der Waals surface area contributed by atoms with Gasteiger partial charge in [0, 0.05) is 0 Å². The van der Waals surface area contributed by atoms with Crippen molar-refractivity contribution in [3.8, 4) is 5.69 Å². The van der Waals surface area contributed by atoms with E-state index >= 15 is 0 Å². The van der Waals surface area contributed by atoms with Gasteiger partial charge in [0.05, 0.1) is 0 Å². The zero-order valence-electron chi connectivity index (χ0n) is 7.92. The molecule has 0 aliphatic heterocycles. The van der Waals surface area contributed by atoms with Crippen LogP contribution in [0, 0.1) is 4.77 Å². The van der Waals surface area contributed by atoms with Crippen molar-refractivity contribution < 1.29 is 0 Å². The van der Waals surface area contributed by atoms with Gasteiger partial charge in [-0.3, -0.25) is 0 Å². The van der Waals surface area contributed by atoms with Gasteiger partial charge in [-0.1, -0.05) is 0 Å². The third kappa shape index (κ3) is 2.42. The molecule has 5 heteroatoms. The third-order valence-corrected chi connectivity index (χ3v) is 3.77. The van der Waals surface area contributed by atoms with Crippen molar-refractivity contribution in [3.63, 3.8) is 0 Å². The van der Waals surface area contributed by atoms with Crippen LogP contribution in [0.3, 0.4) is 0 Å². The quantitative estimate of drug-likeness (QED) is 0.496. The second-order valence-corrected chi connectivity index (χ2v) is 5.91. The fourth-order valence-electron chi connectivity index (χ4n) is 1.36. The van der Waals surface area contributed by atoms with Gasteiger partial charge in [-0.25, -0.2) is 0 Å². The normalized spacial score (nSPS) is 10.3. The molecular formula is C10H10As2N2S. The van der Waals surface area contributed by atoms with E-state index in [9.17, 15) is 0 Å². The molecule has 0 fully saturated rings. The summed E-state index contributed by atoms with van der Waals surface area (Å²) in [5, 5.41) is 0. The average molecular weight is 340 g/mol. The molecule has 0 radical (unpaired) electrons. The first-order chi connectivity index (χ1) is 7.18. The summed E-state index contributed by atoms with van der Waals surface area (Å²) in [6, 6.07) is 12.2. The Balaban J connectivity index is 2.69. The van der Waals surface area contributed by atoms with Crippen LogP contribution >= 0.6 is 12.2 Å². The van der Waals surface area contributed by atoms with E-state index in [0.717, 1.165) is 10.2 Å². The molecule has 0 spiro atoms. The van der Waals surface area contributed by atoms with Gasteiger partial charge < -0.3 is 0 Å². The Morgan fingerprint density at radius 1 is 1.13 bits per heavy atom. The van der Waals surface area contributed by atoms with Crippen molar-refractivity contribution in [1.29, 1.82) is 0 Å². The standard InChI is InChI=1S/C10H10As2N2S/c11-8-6-9(12)14(10(15)13-8)7-4-2-1-3-5-7/h1-6H,11-12H2. The van der Waals surface area contributed by atoms with E-state index in [0.29, 0.717) is 4.77 Å². The molecule has 1 aromatic carbocycles. The van der Waals surface area contributed by atoms with E-state index in [1.807, 2.05) is 34.9 Å². The molecule has 15 heavy (non-hydrogen) atoms. The molecule has 2 aromatic rings. The second kappa shape index (κ2) is 4.65. The van der Waals surface area contributed by atoms with E-state index in [1.165, 1.54) is 21.3 Å². The zero-order valence-corrected chi connectivity index (χ0v) is 13.6. The first kappa shape index (κ1) is 11.1. The van der Waals surface area contributed by atoms with E-state index < -0.39 is 0 Å². The molecule has 0 saturated heterocycles. The van der Waals surface area contributed by atoms with Crippen molar-refractivity contribution in [1.82, 2.24) is 9.55 Å². The molecule has 2 nitrogen and oxygen atoms in total. The first-order valence-electron chi connectivity index (χ1n) is 4.39. The summed E-state index contributed by atoms with van der Waals surface area (Å²) >= 11 is 8.36. The fraction of sp³-hybridized carbons (Fsp3) is 0. The Morgan fingerprint density at radius 3 is 2.40 bits per heavy atom. The molecule has 2 atom stereocenters. The van der Waals surface area contributed by atoms with Crippen LogP contribution in [-0.2, 0) is 0 Å². The summed E-state index contributed by atoms with van der Waals surface area (Å²) in [5.41, 5.74) is 1.09. The molecule has 0 aliphatic carbocycles. The number of hydrogen-bond donors (Lipinski definition) is 0. The molecule has 0 saturated carbocycles. The number of para-hydroxylation sites is 1. The summed E-state index contributed by atoms with van der Waals surface area (Å²) in [4.78, 5) is 4.33. The van der Waals surface area contributed by atoms with Crippen molar-refractivity contribution in [2.75, 3.05) is 0 Å². The number of nitrogens with zero attached hydrogens (tertiary/aromatic N) is 2. The SMILES string of the molecule is S=c1nc([AsH2])cc([AsH2])n1-c1ccccc1. The molecule has 1 aromatic heterocycles. The van der Waals surface area contributed by atoms with E-state index in [4.69, 9.17) is 12.2 Å². The summed E-state index contributed by atoms with van der Waals surface area (Å²) in [6.07, 6.45) is 0. The second-order valence-electron chi connectivity index (χ2n) is 3.06. The predicted octanol–water partition coefficient (Wildman–Crippen LogP) is -0.881. The van der Waals surface area contributed by atoms with Crippen LogP contribution in [0.15, 0.2) is 36.4 Å². The summed E-state index contributed by atoms with van der Waals surface area (Å²) in [7, 11) is 0. The monoisotopic (exact) mass is 340 g/mol. The van der Waals surface area contributed by atoms with Gasteiger partial charge in [0.15, 0.2) is 0 Å². The van der Waals surface area contributed by atoms with Crippen molar-refractivity contribution in [2.45, 2.75) is 0 Å². The van der Waals surface area contributed by atoms with Crippen LogP contribution in [-0.4, -0.2) is 43.3 Å². The van der Waals surface area contributed by atoms with Gasteiger partial charge in [-0.05, 0) is 0 Å². The minimum atomic E-state index is 0.641. The van der Waals surface area contributed by atoms with Gasteiger partial charge in [-0.15, -0.1) is 0 Å². The topological polar surface area (TPSA) is 17.8 Å². The molecule has 1 heterocycles. The van der Waals surface area contributed by atoms with E-state index in [2.05, 4.69) is 11.1 Å². The Morgan fingerprint density at radius 2 is 1.80 bits per heavy atom. The van der Waals surface area contributed by atoms with Crippen LogP contribution in [0.4, 0.5) is 0 Å². The molecule has 76 valence electrons. The Labute approximate surface area is 111 Å². The molecule has 0 amide bonds. The van der Waals surface area contributed by atoms with Crippen molar-refractivity contribution in [2.24, 2.45) is 0 Å². The number of rotatable bonds is 1. The molecule has 0 aliphatic rings. The fourth-order valence-corrected chi connectivity index (χ4v) is 4.45. The van der Waals surface area contributed by atoms with Gasteiger partial charge in [0.2, 0.25) is 0 Å². The van der Waals surface area contributed by atoms with Crippen LogP contribution in [0.5, 0.6) is 0 Å². The number of benzene rings is 1. The minimum absolute atomic E-state index is 0.641. The van der Waals surface area contributed by atoms with E-state index in [-0.39, 0.29) is 0 Å². The predicted molar refractivity (Wildman–Crippen MR) is 70.8 cm³/mol. The van der Waals surface area contributed by atoms with Gasteiger partial charge >= 0.3 is 111 Å². The molecule has 0 bridgehead atoms. The molecule has 0 N–H and O–H groups in total. The third-order valence-electron chi connectivity index (χ3n) is 1.98. The maximum absolute atomic E-state index is 5.28. The Kier molecular flexibility index (Phi) is 3.45. The van der Waals surface area contributed by atoms with Crippen LogP contribution in [0.25, 0.3) is 5.69 Å². The van der Waals surface area contributed by atoms with Crippen LogP contribution < -0.4 is 8.96 Å². The maximum atomic E-state index is 5.28.